The van der Waals surface area contributed by atoms with Crippen LogP contribution in [-0.2, 0) is 0 Å². The lowest BCUT2D eigenvalue weighted by molar-refractivity contribution is 0.356. The number of aryl methyl sites for hydroxylation is 1. The van der Waals surface area contributed by atoms with Crippen LogP contribution in [0.5, 0.6) is 11.5 Å². The Morgan fingerprint density at radius 3 is 2.41 bits per heavy atom. The molecule has 0 fully saturated rings. The first kappa shape index (κ1) is 16.9. The molecule has 0 bridgehead atoms. The summed E-state index contributed by atoms with van der Waals surface area (Å²) in [5.41, 5.74) is 3.14. The summed E-state index contributed by atoms with van der Waals surface area (Å²) in [6, 6.07) is 9.67. The molecule has 2 heterocycles. The van der Waals surface area contributed by atoms with E-state index >= 15 is 0 Å². The lowest BCUT2D eigenvalue weighted by Gasteiger charge is -2.12. The van der Waals surface area contributed by atoms with Crippen molar-refractivity contribution in [1.29, 1.82) is 0 Å². The van der Waals surface area contributed by atoms with Gasteiger partial charge in [-0.05, 0) is 53.2 Å². The van der Waals surface area contributed by atoms with Gasteiger partial charge in [-0.3, -0.25) is 4.98 Å². The predicted octanol–water partition coefficient (Wildman–Crippen LogP) is 3.34. The number of hydrogen-bond donors (Lipinski definition) is 0. The number of rotatable bonds is 4. The van der Waals surface area contributed by atoms with Crippen LogP contribution in [-0.4, -0.2) is 39.4 Å². The first-order chi connectivity index (χ1) is 13.1. The SMILES string of the molecule is COc1cc2ncc(-c3nnnn3-c3ccc(F)cc3)c(C)c2cc1OC. The van der Waals surface area contributed by atoms with Gasteiger partial charge in [0.15, 0.2) is 17.3 Å². The van der Waals surface area contributed by atoms with Crippen LogP contribution in [0.4, 0.5) is 4.39 Å². The summed E-state index contributed by atoms with van der Waals surface area (Å²) in [4.78, 5) is 4.53. The Bertz CT molecular complexity index is 1130. The molecule has 0 spiro atoms. The molecule has 4 aromatic rings. The van der Waals surface area contributed by atoms with Gasteiger partial charge >= 0.3 is 0 Å². The van der Waals surface area contributed by atoms with Crippen molar-refractivity contribution in [2.75, 3.05) is 14.2 Å². The van der Waals surface area contributed by atoms with Crippen LogP contribution in [0.25, 0.3) is 28.0 Å². The largest absolute Gasteiger partial charge is 0.493 e. The van der Waals surface area contributed by atoms with Gasteiger partial charge in [0, 0.05) is 23.2 Å². The zero-order valence-electron chi connectivity index (χ0n) is 15.0. The quantitative estimate of drug-likeness (QED) is 0.552. The van der Waals surface area contributed by atoms with Crippen LogP contribution >= 0.6 is 0 Å². The van der Waals surface area contributed by atoms with E-state index in [1.54, 1.807) is 37.2 Å². The zero-order valence-corrected chi connectivity index (χ0v) is 15.0. The summed E-state index contributed by atoms with van der Waals surface area (Å²) in [7, 11) is 3.17. The average Bonchev–Trinajstić information content (AvgIpc) is 3.17. The minimum Gasteiger partial charge on any atom is -0.493 e. The summed E-state index contributed by atoms with van der Waals surface area (Å²) in [5.74, 6) is 1.42. The number of hydrogen-bond acceptors (Lipinski definition) is 6. The van der Waals surface area contributed by atoms with Crippen LogP contribution in [0.1, 0.15) is 5.56 Å². The number of fused-ring (bicyclic) bond motifs is 1. The van der Waals surface area contributed by atoms with E-state index in [2.05, 4.69) is 20.5 Å². The molecule has 0 aliphatic rings. The van der Waals surface area contributed by atoms with E-state index in [0.717, 1.165) is 22.0 Å². The normalized spacial score (nSPS) is 11.0. The van der Waals surface area contributed by atoms with E-state index in [4.69, 9.17) is 9.47 Å². The zero-order chi connectivity index (χ0) is 19.0. The molecule has 0 unspecified atom stereocenters. The van der Waals surface area contributed by atoms with Crippen molar-refractivity contribution in [1.82, 2.24) is 25.2 Å². The Labute approximate surface area is 154 Å². The standard InChI is InChI=1S/C19H16FN5O2/c1-11-14-8-17(26-2)18(27-3)9-16(14)21-10-15(11)19-22-23-24-25(19)13-6-4-12(20)5-7-13/h4-10H,1-3H3. The maximum absolute atomic E-state index is 13.2. The van der Waals surface area contributed by atoms with Crippen LogP contribution < -0.4 is 9.47 Å². The maximum atomic E-state index is 13.2. The van der Waals surface area contributed by atoms with Crippen molar-refractivity contribution >= 4 is 10.9 Å². The highest BCUT2D eigenvalue weighted by atomic mass is 19.1. The third-order valence-electron chi connectivity index (χ3n) is 4.42. The third kappa shape index (κ3) is 2.84. The van der Waals surface area contributed by atoms with E-state index in [1.807, 2.05) is 19.1 Å². The maximum Gasteiger partial charge on any atom is 0.188 e. The van der Waals surface area contributed by atoms with E-state index in [0.29, 0.717) is 23.0 Å². The summed E-state index contributed by atoms with van der Waals surface area (Å²) in [5, 5.41) is 12.9. The second-order valence-corrected chi connectivity index (χ2v) is 5.91. The van der Waals surface area contributed by atoms with Crippen molar-refractivity contribution in [3.05, 3.63) is 54.0 Å². The smallest absolute Gasteiger partial charge is 0.188 e. The van der Waals surface area contributed by atoms with Gasteiger partial charge in [-0.1, -0.05) is 0 Å². The molecule has 8 heteroatoms. The second-order valence-electron chi connectivity index (χ2n) is 5.91. The minimum absolute atomic E-state index is 0.321. The van der Waals surface area contributed by atoms with E-state index < -0.39 is 0 Å². The number of nitrogens with zero attached hydrogens (tertiary/aromatic N) is 5. The van der Waals surface area contributed by atoms with Gasteiger partial charge in [-0.2, -0.15) is 4.68 Å². The summed E-state index contributed by atoms with van der Waals surface area (Å²) < 4.78 is 25.5. The Balaban J connectivity index is 1.89. The topological polar surface area (TPSA) is 75.0 Å². The molecule has 0 atom stereocenters. The van der Waals surface area contributed by atoms with Gasteiger partial charge in [0.25, 0.3) is 0 Å². The molecule has 0 saturated heterocycles. The van der Waals surface area contributed by atoms with Crippen molar-refractivity contribution in [3.63, 3.8) is 0 Å². The summed E-state index contributed by atoms with van der Waals surface area (Å²) in [6.45, 7) is 1.97. The molecule has 2 aromatic heterocycles. The molecule has 4 rings (SSSR count). The molecule has 0 radical (unpaired) electrons. The molecule has 2 aromatic carbocycles. The van der Waals surface area contributed by atoms with Gasteiger partial charge in [-0.15, -0.1) is 5.10 Å². The van der Waals surface area contributed by atoms with Crippen LogP contribution in [0.3, 0.4) is 0 Å². The predicted molar refractivity (Wildman–Crippen MR) is 97.7 cm³/mol. The Morgan fingerprint density at radius 1 is 1.00 bits per heavy atom. The third-order valence-corrected chi connectivity index (χ3v) is 4.42. The molecular weight excluding hydrogens is 349 g/mol. The molecule has 0 N–H and O–H groups in total. The van der Waals surface area contributed by atoms with Gasteiger partial charge < -0.3 is 9.47 Å². The Morgan fingerprint density at radius 2 is 1.70 bits per heavy atom. The summed E-state index contributed by atoms with van der Waals surface area (Å²) in [6.07, 6.45) is 1.72. The fourth-order valence-electron chi connectivity index (χ4n) is 2.99. The molecule has 0 aliphatic carbocycles. The van der Waals surface area contributed by atoms with Gasteiger partial charge in [0.1, 0.15) is 5.82 Å². The minimum atomic E-state index is -0.321. The molecule has 0 amide bonds. The number of methoxy groups -OCH3 is 2. The average molecular weight is 365 g/mol. The number of aromatic nitrogens is 5. The van der Waals surface area contributed by atoms with Crippen molar-refractivity contribution in [3.8, 4) is 28.6 Å². The summed E-state index contributed by atoms with van der Waals surface area (Å²) >= 11 is 0. The highest BCUT2D eigenvalue weighted by molar-refractivity contribution is 5.90. The fraction of sp³-hybridized carbons (Fsp3) is 0.158. The Hall–Kier alpha value is -3.55. The molecule has 7 nitrogen and oxygen atoms in total. The van der Waals surface area contributed by atoms with Crippen molar-refractivity contribution < 1.29 is 13.9 Å². The van der Waals surface area contributed by atoms with Crippen LogP contribution in [0, 0.1) is 12.7 Å². The Kier molecular flexibility index (Phi) is 4.15. The molecule has 136 valence electrons. The number of ether oxygens (including phenoxy) is 2. The highest BCUT2D eigenvalue weighted by Gasteiger charge is 2.17. The van der Waals surface area contributed by atoms with Gasteiger partial charge in [-0.25, -0.2) is 4.39 Å². The van der Waals surface area contributed by atoms with Crippen molar-refractivity contribution in [2.45, 2.75) is 6.92 Å². The van der Waals surface area contributed by atoms with E-state index in [1.165, 1.54) is 12.1 Å². The number of tetrazole rings is 1. The lowest BCUT2D eigenvalue weighted by atomic mass is 10.0. The first-order valence-electron chi connectivity index (χ1n) is 8.18. The molecule has 27 heavy (non-hydrogen) atoms. The van der Waals surface area contributed by atoms with E-state index in [-0.39, 0.29) is 5.82 Å². The van der Waals surface area contributed by atoms with Crippen LogP contribution in [0.2, 0.25) is 0 Å². The monoisotopic (exact) mass is 365 g/mol. The number of benzene rings is 2. The molecule has 0 aliphatic heterocycles. The molecular formula is C19H16FN5O2. The first-order valence-corrected chi connectivity index (χ1v) is 8.18. The number of pyridine rings is 1. The molecule has 0 saturated carbocycles. The highest BCUT2D eigenvalue weighted by Crippen LogP contribution is 2.35. The lowest BCUT2D eigenvalue weighted by Crippen LogP contribution is -2.02. The van der Waals surface area contributed by atoms with Gasteiger partial charge in [0.05, 0.1) is 25.4 Å². The van der Waals surface area contributed by atoms with Crippen LogP contribution in [0.15, 0.2) is 42.6 Å². The van der Waals surface area contributed by atoms with Crippen molar-refractivity contribution in [2.24, 2.45) is 0 Å². The fourth-order valence-corrected chi connectivity index (χ4v) is 2.99. The number of halogens is 1. The van der Waals surface area contributed by atoms with Gasteiger partial charge in [0.2, 0.25) is 0 Å². The second kappa shape index (κ2) is 6.64. The van der Waals surface area contributed by atoms with E-state index in [9.17, 15) is 4.39 Å².